The average Bonchev–Trinajstić information content (AvgIpc) is 2.12. The molecule has 18 heavy (non-hydrogen) atoms. The molecule has 0 aliphatic heterocycles. The zero-order chi connectivity index (χ0) is 15.0. The molecule has 0 aliphatic rings. The SMILES string of the molecule is CC(=CCO)CO[Si](C)(C)C(C)(C)C.CC(=O)O. The van der Waals surface area contributed by atoms with E-state index in [-0.39, 0.29) is 11.6 Å². The molecule has 0 amide bonds. The number of aliphatic hydroxyl groups is 1. The smallest absolute Gasteiger partial charge is 0.300 e. The van der Waals surface area contributed by atoms with E-state index < -0.39 is 14.3 Å². The molecule has 0 saturated carbocycles. The van der Waals surface area contributed by atoms with E-state index in [4.69, 9.17) is 19.4 Å². The Kier molecular flexibility index (Phi) is 9.24. The highest BCUT2D eigenvalue weighted by Gasteiger charge is 2.36. The Labute approximate surface area is 112 Å². The van der Waals surface area contributed by atoms with Crippen LogP contribution < -0.4 is 0 Å². The first-order chi connectivity index (χ1) is 7.94. The van der Waals surface area contributed by atoms with Crippen molar-refractivity contribution in [2.45, 2.75) is 52.8 Å². The van der Waals surface area contributed by atoms with E-state index in [9.17, 15) is 0 Å². The van der Waals surface area contributed by atoms with Crippen LogP contribution in [0.4, 0.5) is 0 Å². The normalized spacial score (nSPS) is 12.8. The van der Waals surface area contributed by atoms with Gasteiger partial charge in [-0.1, -0.05) is 32.4 Å². The summed E-state index contributed by atoms with van der Waals surface area (Å²) >= 11 is 0. The highest BCUT2D eigenvalue weighted by atomic mass is 28.4. The van der Waals surface area contributed by atoms with Crippen LogP contribution in [0.2, 0.25) is 18.1 Å². The Balaban J connectivity index is 0. The fraction of sp³-hybridized carbons (Fsp3) is 0.769. The van der Waals surface area contributed by atoms with Crippen molar-refractivity contribution in [2.24, 2.45) is 0 Å². The molecular weight excluding hydrogens is 248 g/mol. The largest absolute Gasteiger partial charge is 0.481 e. The minimum absolute atomic E-state index is 0.104. The third-order valence-electron chi connectivity index (χ3n) is 2.91. The van der Waals surface area contributed by atoms with Crippen molar-refractivity contribution in [2.75, 3.05) is 13.2 Å². The number of carboxylic acids is 1. The number of aliphatic carboxylic acids is 1. The lowest BCUT2D eigenvalue weighted by molar-refractivity contribution is -0.134. The summed E-state index contributed by atoms with van der Waals surface area (Å²) in [6.07, 6.45) is 1.80. The molecule has 5 heteroatoms. The number of hydrogen-bond donors (Lipinski definition) is 2. The van der Waals surface area contributed by atoms with Gasteiger partial charge in [0.2, 0.25) is 0 Å². The average molecular weight is 276 g/mol. The summed E-state index contributed by atoms with van der Waals surface area (Å²) in [5.74, 6) is -0.833. The minimum atomic E-state index is -1.62. The molecular formula is C13H28O4Si. The first-order valence-electron chi connectivity index (χ1n) is 6.04. The van der Waals surface area contributed by atoms with Gasteiger partial charge in [-0.25, -0.2) is 0 Å². The van der Waals surface area contributed by atoms with Crippen LogP contribution in [-0.2, 0) is 9.22 Å². The highest BCUT2D eigenvalue weighted by Crippen LogP contribution is 2.36. The molecule has 0 aromatic rings. The van der Waals surface area contributed by atoms with Crippen molar-refractivity contribution >= 4 is 14.3 Å². The Hall–Kier alpha value is -0.653. The van der Waals surface area contributed by atoms with E-state index in [2.05, 4.69) is 33.9 Å². The minimum Gasteiger partial charge on any atom is -0.481 e. The van der Waals surface area contributed by atoms with Crippen LogP contribution in [-0.4, -0.2) is 37.7 Å². The predicted molar refractivity (Wildman–Crippen MR) is 77.3 cm³/mol. The van der Waals surface area contributed by atoms with Crippen LogP contribution in [0.1, 0.15) is 34.6 Å². The van der Waals surface area contributed by atoms with Gasteiger partial charge in [-0.15, -0.1) is 0 Å². The van der Waals surface area contributed by atoms with Crippen LogP contribution >= 0.6 is 0 Å². The van der Waals surface area contributed by atoms with Crippen LogP contribution in [0, 0.1) is 0 Å². The summed E-state index contributed by atoms with van der Waals surface area (Å²) < 4.78 is 5.97. The lowest BCUT2D eigenvalue weighted by atomic mass is 10.2. The zero-order valence-electron chi connectivity index (χ0n) is 12.7. The lowest BCUT2D eigenvalue weighted by Crippen LogP contribution is -2.41. The number of carboxylic acid groups (broad SMARTS) is 1. The number of hydrogen-bond acceptors (Lipinski definition) is 3. The standard InChI is InChI=1S/C11H24O2Si.C2H4O2/c1-10(7-8-12)9-13-14(5,6)11(2,3)4;1-2(3)4/h7,12H,8-9H2,1-6H3;1H3,(H,3,4). The Bertz CT molecular complexity index is 273. The van der Waals surface area contributed by atoms with E-state index in [1.165, 1.54) is 0 Å². The topological polar surface area (TPSA) is 66.8 Å². The lowest BCUT2D eigenvalue weighted by Gasteiger charge is -2.36. The van der Waals surface area contributed by atoms with Crippen LogP contribution in [0.15, 0.2) is 11.6 Å². The van der Waals surface area contributed by atoms with Crippen molar-refractivity contribution in [1.82, 2.24) is 0 Å². The molecule has 0 aromatic carbocycles. The molecule has 0 aromatic heterocycles. The molecule has 0 aliphatic carbocycles. The van der Waals surface area contributed by atoms with E-state index in [0.717, 1.165) is 12.5 Å². The van der Waals surface area contributed by atoms with Crippen molar-refractivity contribution < 1.29 is 19.4 Å². The summed E-state index contributed by atoms with van der Waals surface area (Å²) in [5, 5.41) is 16.4. The maximum atomic E-state index is 9.00. The molecule has 0 heterocycles. The van der Waals surface area contributed by atoms with Gasteiger partial charge in [-0.3, -0.25) is 4.79 Å². The van der Waals surface area contributed by atoms with Gasteiger partial charge in [-0.05, 0) is 25.1 Å². The molecule has 0 saturated heterocycles. The predicted octanol–water partition coefficient (Wildman–Crippen LogP) is 3.04. The Morgan fingerprint density at radius 1 is 1.28 bits per heavy atom. The fourth-order valence-electron chi connectivity index (χ4n) is 0.726. The van der Waals surface area contributed by atoms with Gasteiger partial charge < -0.3 is 14.6 Å². The maximum absolute atomic E-state index is 9.00. The third-order valence-corrected chi connectivity index (χ3v) is 7.39. The summed E-state index contributed by atoms with van der Waals surface area (Å²) in [7, 11) is -1.62. The highest BCUT2D eigenvalue weighted by molar-refractivity contribution is 6.74. The van der Waals surface area contributed by atoms with E-state index in [0.29, 0.717) is 6.61 Å². The molecule has 0 rings (SSSR count). The van der Waals surface area contributed by atoms with Crippen molar-refractivity contribution in [3.63, 3.8) is 0 Å². The van der Waals surface area contributed by atoms with E-state index in [1.807, 2.05) is 6.92 Å². The summed E-state index contributed by atoms with van der Waals surface area (Å²) in [4.78, 5) is 9.00. The first kappa shape index (κ1) is 19.7. The second-order valence-corrected chi connectivity index (χ2v) is 10.6. The number of aliphatic hydroxyl groups excluding tert-OH is 1. The van der Waals surface area contributed by atoms with Crippen molar-refractivity contribution in [3.05, 3.63) is 11.6 Å². The molecule has 0 bridgehead atoms. The fourth-order valence-corrected chi connectivity index (χ4v) is 1.75. The van der Waals surface area contributed by atoms with Gasteiger partial charge in [0.05, 0.1) is 13.2 Å². The number of carbonyl (C=O) groups is 1. The summed E-state index contributed by atoms with van der Waals surface area (Å²) in [6, 6.07) is 0. The Morgan fingerprint density at radius 2 is 1.67 bits per heavy atom. The van der Waals surface area contributed by atoms with Crippen LogP contribution in [0.25, 0.3) is 0 Å². The molecule has 0 atom stereocenters. The zero-order valence-corrected chi connectivity index (χ0v) is 13.7. The van der Waals surface area contributed by atoms with Gasteiger partial charge in [0.15, 0.2) is 8.32 Å². The monoisotopic (exact) mass is 276 g/mol. The van der Waals surface area contributed by atoms with E-state index >= 15 is 0 Å². The van der Waals surface area contributed by atoms with E-state index in [1.54, 1.807) is 6.08 Å². The molecule has 0 unspecified atom stereocenters. The van der Waals surface area contributed by atoms with Gasteiger partial charge in [0, 0.05) is 6.92 Å². The summed E-state index contributed by atoms with van der Waals surface area (Å²) in [5.41, 5.74) is 1.11. The van der Waals surface area contributed by atoms with Crippen molar-refractivity contribution in [1.29, 1.82) is 0 Å². The van der Waals surface area contributed by atoms with Gasteiger partial charge >= 0.3 is 0 Å². The third kappa shape index (κ3) is 10.5. The molecule has 0 fully saturated rings. The Morgan fingerprint density at radius 3 is 1.94 bits per heavy atom. The summed E-state index contributed by atoms with van der Waals surface area (Å²) in [6.45, 7) is 15.0. The van der Waals surface area contributed by atoms with Crippen LogP contribution in [0.3, 0.4) is 0 Å². The van der Waals surface area contributed by atoms with Gasteiger partial charge in [0.1, 0.15) is 0 Å². The van der Waals surface area contributed by atoms with Gasteiger partial charge in [0.25, 0.3) is 5.97 Å². The second-order valence-electron chi connectivity index (χ2n) is 5.80. The number of rotatable bonds is 4. The molecule has 0 spiro atoms. The van der Waals surface area contributed by atoms with Crippen molar-refractivity contribution in [3.8, 4) is 0 Å². The molecule has 4 nitrogen and oxygen atoms in total. The maximum Gasteiger partial charge on any atom is 0.300 e. The molecule has 108 valence electrons. The molecule has 0 radical (unpaired) electrons. The quantitative estimate of drug-likeness (QED) is 0.612. The molecule has 2 N–H and O–H groups in total. The first-order valence-corrected chi connectivity index (χ1v) is 8.95. The van der Waals surface area contributed by atoms with Crippen LogP contribution in [0.5, 0.6) is 0 Å². The second kappa shape index (κ2) is 8.45. The van der Waals surface area contributed by atoms with Gasteiger partial charge in [-0.2, -0.15) is 0 Å².